The number of nitrogens with one attached hydrogen (secondary N) is 1. The van der Waals surface area contributed by atoms with Crippen molar-refractivity contribution in [3.63, 3.8) is 0 Å². The van der Waals surface area contributed by atoms with Gasteiger partial charge in [0.15, 0.2) is 22.7 Å². The fourth-order valence-electron chi connectivity index (χ4n) is 3.07. The van der Waals surface area contributed by atoms with Crippen molar-refractivity contribution in [3.8, 4) is 17.2 Å². The van der Waals surface area contributed by atoms with Gasteiger partial charge in [-0.25, -0.2) is 4.79 Å². The van der Waals surface area contributed by atoms with E-state index in [4.69, 9.17) is 26.4 Å². The number of methoxy groups -OCH3 is 1. The van der Waals surface area contributed by atoms with Gasteiger partial charge in [-0.3, -0.25) is 19.8 Å². The van der Waals surface area contributed by atoms with Crippen LogP contribution in [0.15, 0.2) is 48.0 Å². The Kier molecular flexibility index (Phi) is 7.29. The number of benzene rings is 2. The predicted molar refractivity (Wildman–Crippen MR) is 125 cm³/mol. The van der Waals surface area contributed by atoms with Gasteiger partial charge in [-0.05, 0) is 62.5 Å². The average molecular weight is 471 g/mol. The number of hydrogen-bond donors (Lipinski definition) is 2. The summed E-state index contributed by atoms with van der Waals surface area (Å²) >= 11 is 5.22. The number of carboxylic acid groups (broad SMARTS) is 1. The summed E-state index contributed by atoms with van der Waals surface area (Å²) in [5.74, 6) is -1.55. The molecule has 0 radical (unpaired) electrons. The maximum absolute atomic E-state index is 13.3. The normalized spacial score (nSPS) is 15.8. The molecule has 1 aliphatic heterocycles. The number of para-hydroxylation sites is 1. The van der Waals surface area contributed by atoms with Gasteiger partial charge in [-0.1, -0.05) is 12.1 Å². The Morgan fingerprint density at radius 2 is 1.91 bits per heavy atom. The number of aliphatic carboxylic acids is 1. The summed E-state index contributed by atoms with van der Waals surface area (Å²) in [6.07, 6.45) is 0.121. The highest BCUT2D eigenvalue weighted by Crippen LogP contribution is 2.34. The molecule has 10 heteroatoms. The van der Waals surface area contributed by atoms with Crippen molar-refractivity contribution in [2.24, 2.45) is 0 Å². The Bertz CT molecular complexity index is 1130. The van der Waals surface area contributed by atoms with Crippen molar-refractivity contribution in [1.82, 2.24) is 5.32 Å². The molecule has 0 bridgehead atoms. The van der Waals surface area contributed by atoms with Crippen molar-refractivity contribution in [3.05, 3.63) is 53.6 Å². The molecule has 1 atom stereocenters. The largest absolute Gasteiger partial charge is 0.494 e. The van der Waals surface area contributed by atoms with Crippen LogP contribution in [0.3, 0.4) is 0 Å². The van der Waals surface area contributed by atoms with E-state index >= 15 is 0 Å². The van der Waals surface area contributed by atoms with Crippen LogP contribution in [0.1, 0.15) is 19.4 Å². The highest BCUT2D eigenvalue weighted by atomic mass is 32.1. The number of carbonyl (C=O) groups is 3. The molecule has 0 aromatic heterocycles. The fraction of sp³-hybridized carbons (Fsp3) is 0.217. The number of ether oxygens (including phenoxy) is 3. The topological polar surface area (TPSA) is 114 Å². The molecule has 2 aromatic rings. The van der Waals surface area contributed by atoms with Gasteiger partial charge in [-0.2, -0.15) is 0 Å². The Labute approximate surface area is 195 Å². The molecule has 1 heterocycles. The molecule has 33 heavy (non-hydrogen) atoms. The van der Waals surface area contributed by atoms with Crippen LogP contribution < -0.4 is 24.4 Å². The van der Waals surface area contributed by atoms with Gasteiger partial charge < -0.3 is 19.3 Å². The highest BCUT2D eigenvalue weighted by Gasteiger charge is 2.35. The van der Waals surface area contributed by atoms with Crippen molar-refractivity contribution < 1.29 is 33.7 Å². The van der Waals surface area contributed by atoms with Crippen molar-refractivity contribution in [2.45, 2.75) is 20.0 Å². The van der Waals surface area contributed by atoms with E-state index in [0.29, 0.717) is 23.6 Å². The van der Waals surface area contributed by atoms with E-state index in [1.54, 1.807) is 42.5 Å². The third-order valence-electron chi connectivity index (χ3n) is 4.68. The Hall–Kier alpha value is -3.92. The van der Waals surface area contributed by atoms with Gasteiger partial charge in [0.05, 0.1) is 19.4 Å². The molecule has 2 aromatic carbocycles. The first-order valence-electron chi connectivity index (χ1n) is 9.97. The standard InChI is InChI=1S/C23H22N2O7S/c1-4-31-16-10-8-15(9-11-16)25-21(27)17(20(26)24-23(25)33)12-14-6-5-7-18(30-3)19(14)32-13(2)22(28)29/h5-13H,4H2,1-3H3,(H,28,29)(H,24,26,33)/b17-12+/t13-/m1/s1. The molecule has 9 nitrogen and oxygen atoms in total. The lowest BCUT2D eigenvalue weighted by molar-refractivity contribution is -0.144. The molecule has 0 aliphatic carbocycles. The summed E-state index contributed by atoms with van der Waals surface area (Å²) in [7, 11) is 1.40. The van der Waals surface area contributed by atoms with Crippen LogP contribution in [0.5, 0.6) is 17.2 Å². The summed E-state index contributed by atoms with van der Waals surface area (Å²) < 4.78 is 16.2. The van der Waals surface area contributed by atoms with Crippen LogP contribution in [0.2, 0.25) is 0 Å². The lowest BCUT2D eigenvalue weighted by atomic mass is 10.1. The molecular formula is C23H22N2O7S. The Morgan fingerprint density at radius 1 is 1.21 bits per heavy atom. The number of thiocarbonyl (C=S) groups is 1. The molecular weight excluding hydrogens is 448 g/mol. The fourth-order valence-corrected chi connectivity index (χ4v) is 3.35. The first-order valence-corrected chi connectivity index (χ1v) is 10.4. The molecule has 1 aliphatic rings. The van der Waals surface area contributed by atoms with Crippen molar-refractivity contribution in [2.75, 3.05) is 18.6 Å². The van der Waals surface area contributed by atoms with Gasteiger partial charge in [0.2, 0.25) is 0 Å². The van der Waals surface area contributed by atoms with Crippen molar-refractivity contribution >= 4 is 46.9 Å². The van der Waals surface area contributed by atoms with Crippen LogP contribution >= 0.6 is 12.2 Å². The number of carboxylic acids is 1. The second-order valence-electron chi connectivity index (χ2n) is 6.86. The zero-order valence-corrected chi connectivity index (χ0v) is 19.0. The van der Waals surface area contributed by atoms with Gasteiger partial charge >= 0.3 is 5.97 Å². The third kappa shape index (κ3) is 5.12. The van der Waals surface area contributed by atoms with Gasteiger partial charge in [-0.15, -0.1) is 0 Å². The minimum Gasteiger partial charge on any atom is -0.494 e. The number of hydrogen-bond acceptors (Lipinski definition) is 7. The molecule has 2 amide bonds. The summed E-state index contributed by atoms with van der Waals surface area (Å²) in [6.45, 7) is 3.71. The molecule has 0 spiro atoms. The molecule has 2 N–H and O–H groups in total. The Morgan fingerprint density at radius 3 is 2.52 bits per heavy atom. The van der Waals surface area contributed by atoms with E-state index in [1.807, 2.05) is 6.92 Å². The van der Waals surface area contributed by atoms with Gasteiger partial charge in [0.25, 0.3) is 11.8 Å². The monoisotopic (exact) mass is 470 g/mol. The number of rotatable bonds is 8. The predicted octanol–water partition coefficient (Wildman–Crippen LogP) is 2.78. The SMILES string of the molecule is CCOc1ccc(N2C(=O)/C(=C/c3cccc(OC)c3O[C@H](C)C(=O)O)C(=O)NC2=S)cc1. The highest BCUT2D eigenvalue weighted by molar-refractivity contribution is 7.80. The van der Waals surface area contributed by atoms with E-state index in [1.165, 1.54) is 25.0 Å². The maximum atomic E-state index is 13.3. The van der Waals surface area contributed by atoms with E-state index < -0.39 is 23.9 Å². The molecule has 3 rings (SSSR count). The zero-order valence-electron chi connectivity index (χ0n) is 18.2. The lowest BCUT2D eigenvalue weighted by Gasteiger charge is -2.29. The molecule has 172 valence electrons. The van der Waals surface area contributed by atoms with Crippen LogP contribution in [0.4, 0.5) is 5.69 Å². The van der Waals surface area contributed by atoms with Gasteiger partial charge in [0, 0.05) is 5.56 Å². The average Bonchev–Trinajstić information content (AvgIpc) is 2.78. The summed E-state index contributed by atoms with van der Waals surface area (Å²) in [5.41, 5.74) is 0.528. The number of nitrogens with zero attached hydrogens (tertiary/aromatic N) is 1. The summed E-state index contributed by atoms with van der Waals surface area (Å²) in [6, 6.07) is 11.5. The van der Waals surface area contributed by atoms with Gasteiger partial charge in [0.1, 0.15) is 11.3 Å². The molecule has 0 unspecified atom stereocenters. The van der Waals surface area contributed by atoms with Crippen LogP contribution in [0, 0.1) is 0 Å². The Balaban J connectivity index is 2.02. The van der Waals surface area contributed by atoms with Crippen LogP contribution in [0.25, 0.3) is 6.08 Å². The molecule has 0 saturated carbocycles. The summed E-state index contributed by atoms with van der Waals surface area (Å²) in [4.78, 5) is 38.4. The smallest absolute Gasteiger partial charge is 0.344 e. The quantitative estimate of drug-likeness (QED) is 0.344. The number of anilines is 1. The van der Waals surface area contributed by atoms with E-state index in [9.17, 15) is 19.5 Å². The minimum atomic E-state index is -1.19. The van der Waals surface area contributed by atoms with Crippen LogP contribution in [-0.2, 0) is 14.4 Å². The second kappa shape index (κ2) is 10.1. The molecule has 1 saturated heterocycles. The lowest BCUT2D eigenvalue weighted by Crippen LogP contribution is -2.54. The zero-order chi connectivity index (χ0) is 24.1. The first kappa shape index (κ1) is 23.7. The van der Waals surface area contributed by atoms with Crippen molar-refractivity contribution in [1.29, 1.82) is 0 Å². The maximum Gasteiger partial charge on any atom is 0.344 e. The number of amides is 2. The molecule has 1 fully saturated rings. The number of carbonyl (C=O) groups excluding carboxylic acids is 2. The van der Waals surface area contributed by atoms with Crippen LogP contribution in [-0.4, -0.2) is 47.8 Å². The third-order valence-corrected chi connectivity index (χ3v) is 4.96. The summed E-state index contributed by atoms with van der Waals surface area (Å²) in [5, 5.41) is 11.7. The first-order chi connectivity index (χ1) is 15.8. The van der Waals surface area contributed by atoms with E-state index in [2.05, 4.69) is 5.32 Å². The minimum absolute atomic E-state index is 0.0621. The second-order valence-corrected chi connectivity index (χ2v) is 7.25. The van der Waals surface area contributed by atoms with E-state index in [0.717, 1.165) is 0 Å². The van der Waals surface area contributed by atoms with E-state index in [-0.39, 0.29) is 22.2 Å².